The minimum absolute atomic E-state index is 0.152. The normalized spacial score (nSPS) is 13.0. The number of sulfonamides is 1. The molecule has 0 spiro atoms. The maximum absolute atomic E-state index is 11.7. The van der Waals surface area contributed by atoms with Crippen LogP contribution in [0.25, 0.3) is 0 Å². The summed E-state index contributed by atoms with van der Waals surface area (Å²) in [5, 5.41) is 0. The Morgan fingerprint density at radius 3 is 2.42 bits per heavy atom. The van der Waals surface area contributed by atoms with Crippen LogP contribution in [0.15, 0.2) is 24.3 Å². The summed E-state index contributed by atoms with van der Waals surface area (Å²) >= 11 is 0. The van der Waals surface area contributed by atoms with Crippen molar-refractivity contribution in [3.8, 4) is 0 Å². The zero-order chi connectivity index (χ0) is 14.5. The zero-order valence-electron chi connectivity index (χ0n) is 10.9. The predicted molar refractivity (Wildman–Crippen MR) is 72.1 cm³/mol. The van der Waals surface area contributed by atoms with Gasteiger partial charge in [0.1, 0.15) is 0 Å². The standard InChI is InChI=1S/C12H18N2O4S/c1-9(13)7-14-19(16,17)8-10-3-5-11(6-4-10)12(15)18-2/h3-6,9,14H,7-8,13H2,1-2H3. The Morgan fingerprint density at radius 1 is 1.37 bits per heavy atom. The number of hydrogen-bond acceptors (Lipinski definition) is 5. The Morgan fingerprint density at radius 2 is 1.95 bits per heavy atom. The van der Waals surface area contributed by atoms with Crippen molar-refractivity contribution in [3.05, 3.63) is 35.4 Å². The van der Waals surface area contributed by atoms with Crippen LogP contribution in [0.3, 0.4) is 0 Å². The molecule has 6 nitrogen and oxygen atoms in total. The molecule has 0 radical (unpaired) electrons. The fourth-order valence-corrected chi connectivity index (χ4v) is 2.63. The first kappa shape index (κ1) is 15.6. The third-order valence-electron chi connectivity index (χ3n) is 2.36. The molecule has 1 unspecified atom stereocenters. The highest BCUT2D eigenvalue weighted by Crippen LogP contribution is 2.08. The third-order valence-corrected chi connectivity index (χ3v) is 3.68. The van der Waals surface area contributed by atoms with Crippen LogP contribution in [0.2, 0.25) is 0 Å². The number of ether oxygens (including phenoxy) is 1. The Bertz CT molecular complexity index is 523. The summed E-state index contributed by atoms with van der Waals surface area (Å²) in [5.74, 6) is -0.606. The van der Waals surface area contributed by atoms with Gasteiger partial charge in [-0.3, -0.25) is 0 Å². The molecular weight excluding hydrogens is 268 g/mol. The van der Waals surface area contributed by atoms with Gasteiger partial charge in [0.2, 0.25) is 10.0 Å². The van der Waals surface area contributed by atoms with Gasteiger partial charge in [-0.15, -0.1) is 0 Å². The van der Waals surface area contributed by atoms with E-state index in [0.717, 1.165) is 0 Å². The van der Waals surface area contributed by atoms with Crippen LogP contribution in [0.4, 0.5) is 0 Å². The average molecular weight is 286 g/mol. The summed E-state index contributed by atoms with van der Waals surface area (Å²) < 4.78 is 30.4. The fourth-order valence-electron chi connectivity index (χ4n) is 1.38. The lowest BCUT2D eigenvalue weighted by Gasteiger charge is -2.09. The van der Waals surface area contributed by atoms with E-state index in [0.29, 0.717) is 11.1 Å². The smallest absolute Gasteiger partial charge is 0.337 e. The predicted octanol–water partition coefficient (Wildman–Crippen LogP) is 0.240. The number of hydrogen-bond donors (Lipinski definition) is 2. The van der Waals surface area contributed by atoms with Gasteiger partial charge in [-0.2, -0.15) is 0 Å². The second-order valence-corrected chi connectivity index (χ2v) is 6.08. The molecule has 0 aliphatic carbocycles. The second-order valence-electron chi connectivity index (χ2n) is 4.27. The third kappa shape index (κ3) is 5.37. The summed E-state index contributed by atoms with van der Waals surface area (Å²) in [6.45, 7) is 1.91. The molecule has 0 aliphatic heterocycles. The first-order chi connectivity index (χ1) is 8.84. The van der Waals surface area contributed by atoms with Crippen molar-refractivity contribution < 1.29 is 17.9 Å². The van der Waals surface area contributed by atoms with Crippen molar-refractivity contribution in [2.24, 2.45) is 5.73 Å². The van der Waals surface area contributed by atoms with Crippen LogP contribution in [0.5, 0.6) is 0 Å². The van der Waals surface area contributed by atoms with Crippen LogP contribution in [0, 0.1) is 0 Å². The number of carbonyl (C=O) groups excluding carboxylic acids is 1. The van der Waals surface area contributed by atoms with Crippen LogP contribution in [-0.2, 0) is 20.5 Å². The monoisotopic (exact) mass is 286 g/mol. The van der Waals surface area contributed by atoms with Crippen LogP contribution < -0.4 is 10.5 Å². The highest BCUT2D eigenvalue weighted by Gasteiger charge is 2.12. The van der Waals surface area contributed by atoms with Gasteiger partial charge < -0.3 is 10.5 Å². The summed E-state index contributed by atoms with van der Waals surface area (Å²) in [6, 6.07) is 5.98. The largest absolute Gasteiger partial charge is 0.465 e. The number of benzene rings is 1. The molecule has 0 bridgehead atoms. The molecule has 7 heteroatoms. The Kier molecular flexibility index (Phi) is 5.46. The van der Waals surface area contributed by atoms with Gasteiger partial charge in [-0.25, -0.2) is 17.9 Å². The van der Waals surface area contributed by atoms with E-state index in [1.165, 1.54) is 19.2 Å². The Hall–Kier alpha value is -1.44. The van der Waals surface area contributed by atoms with Gasteiger partial charge in [0.05, 0.1) is 18.4 Å². The first-order valence-corrected chi connectivity index (χ1v) is 7.39. The molecule has 0 amide bonds. The molecule has 1 aromatic carbocycles. The molecule has 0 aromatic heterocycles. The summed E-state index contributed by atoms with van der Waals surface area (Å²) in [5.41, 5.74) is 6.45. The van der Waals surface area contributed by atoms with Gasteiger partial charge in [0, 0.05) is 12.6 Å². The molecule has 0 heterocycles. The van der Waals surface area contributed by atoms with E-state index in [9.17, 15) is 13.2 Å². The van der Waals surface area contributed by atoms with Gasteiger partial charge in [-0.05, 0) is 24.6 Å². The minimum atomic E-state index is -3.41. The van der Waals surface area contributed by atoms with E-state index in [4.69, 9.17) is 5.73 Å². The molecular formula is C12H18N2O4S. The maximum Gasteiger partial charge on any atom is 0.337 e. The van der Waals surface area contributed by atoms with Gasteiger partial charge >= 0.3 is 5.97 Å². The van der Waals surface area contributed by atoms with Crippen LogP contribution in [-0.4, -0.2) is 34.1 Å². The SMILES string of the molecule is COC(=O)c1ccc(CS(=O)(=O)NCC(C)N)cc1. The average Bonchev–Trinajstić information content (AvgIpc) is 2.36. The number of rotatable bonds is 6. The number of esters is 1. The van der Waals surface area contributed by atoms with Gasteiger partial charge in [0.15, 0.2) is 0 Å². The van der Waals surface area contributed by atoms with E-state index in [2.05, 4.69) is 9.46 Å². The molecule has 1 aromatic rings. The van der Waals surface area contributed by atoms with Crippen molar-refractivity contribution in [2.75, 3.05) is 13.7 Å². The summed E-state index contributed by atoms with van der Waals surface area (Å²) in [7, 11) is -2.12. The number of nitrogens with one attached hydrogen (secondary N) is 1. The minimum Gasteiger partial charge on any atom is -0.465 e. The number of carbonyl (C=O) groups is 1. The molecule has 1 rings (SSSR count). The molecule has 19 heavy (non-hydrogen) atoms. The van der Waals surface area contributed by atoms with E-state index in [-0.39, 0.29) is 18.3 Å². The molecule has 0 fully saturated rings. The lowest BCUT2D eigenvalue weighted by molar-refractivity contribution is 0.0600. The van der Waals surface area contributed by atoms with E-state index >= 15 is 0 Å². The fraction of sp³-hybridized carbons (Fsp3) is 0.417. The van der Waals surface area contributed by atoms with Crippen molar-refractivity contribution in [3.63, 3.8) is 0 Å². The highest BCUT2D eigenvalue weighted by molar-refractivity contribution is 7.88. The van der Waals surface area contributed by atoms with E-state index < -0.39 is 16.0 Å². The van der Waals surface area contributed by atoms with Crippen molar-refractivity contribution in [1.29, 1.82) is 0 Å². The zero-order valence-corrected chi connectivity index (χ0v) is 11.7. The Labute approximate surface area is 113 Å². The van der Waals surface area contributed by atoms with Crippen LogP contribution in [0.1, 0.15) is 22.8 Å². The highest BCUT2D eigenvalue weighted by atomic mass is 32.2. The first-order valence-electron chi connectivity index (χ1n) is 5.74. The summed E-state index contributed by atoms with van der Waals surface area (Å²) in [4.78, 5) is 11.2. The Balaban J connectivity index is 2.70. The maximum atomic E-state index is 11.7. The topological polar surface area (TPSA) is 98.5 Å². The van der Waals surface area contributed by atoms with Crippen LogP contribution >= 0.6 is 0 Å². The molecule has 0 aliphatic rings. The molecule has 106 valence electrons. The quantitative estimate of drug-likeness (QED) is 0.730. The van der Waals surface area contributed by atoms with E-state index in [1.807, 2.05) is 0 Å². The molecule has 3 N–H and O–H groups in total. The summed E-state index contributed by atoms with van der Waals surface area (Å²) in [6.07, 6.45) is 0. The van der Waals surface area contributed by atoms with E-state index in [1.54, 1.807) is 19.1 Å². The lowest BCUT2D eigenvalue weighted by Crippen LogP contribution is -2.35. The molecule has 0 saturated carbocycles. The number of nitrogens with two attached hydrogens (primary N) is 1. The molecule has 1 atom stereocenters. The van der Waals surface area contributed by atoms with Crippen molar-refractivity contribution >= 4 is 16.0 Å². The van der Waals surface area contributed by atoms with Gasteiger partial charge in [-0.1, -0.05) is 12.1 Å². The van der Waals surface area contributed by atoms with Crippen molar-refractivity contribution in [1.82, 2.24) is 4.72 Å². The van der Waals surface area contributed by atoms with Gasteiger partial charge in [0.25, 0.3) is 0 Å². The lowest BCUT2D eigenvalue weighted by atomic mass is 10.1. The molecule has 0 saturated heterocycles. The van der Waals surface area contributed by atoms with Crippen molar-refractivity contribution in [2.45, 2.75) is 18.7 Å². The second kappa shape index (κ2) is 6.65. The number of methoxy groups -OCH3 is 1.